The van der Waals surface area contributed by atoms with Gasteiger partial charge in [0.25, 0.3) is 0 Å². The van der Waals surface area contributed by atoms with Gasteiger partial charge in [-0.05, 0) is 19.1 Å². The van der Waals surface area contributed by atoms with E-state index in [-0.39, 0.29) is 0 Å². The minimum atomic E-state index is 0.619. The number of rotatable bonds is 5. The van der Waals surface area contributed by atoms with Crippen LogP contribution in [0.5, 0.6) is 5.75 Å². The van der Waals surface area contributed by atoms with Crippen molar-refractivity contribution in [3.05, 3.63) is 18.3 Å². The summed E-state index contributed by atoms with van der Waals surface area (Å²) in [5.41, 5.74) is 5.52. The van der Waals surface area contributed by atoms with Crippen LogP contribution in [0.2, 0.25) is 0 Å². The minimum Gasteiger partial charge on any atom is -0.493 e. The number of nitrogens with zero attached hydrogens (tertiary/aromatic N) is 2. The van der Waals surface area contributed by atoms with E-state index in [0.717, 1.165) is 24.7 Å². The van der Waals surface area contributed by atoms with Crippen LogP contribution in [-0.4, -0.2) is 31.7 Å². The van der Waals surface area contributed by atoms with Crippen LogP contribution < -0.4 is 15.4 Å². The van der Waals surface area contributed by atoms with Crippen LogP contribution in [0.3, 0.4) is 0 Å². The van der Waals surface area contributed by atoms with Gasteiger partial charge in [0.05, 0.1) is 7.11 Å². The van der Waals surface area contributed by atoms with E-state index in [4.69, 9.17) is 10.5 Å². The number of likely N-dealkylation sites (N-methyl/N-ethyl adjacent to an activating group) is 1. The average Bonchev–Trinajstić information content (AvgIpc) is 2.26. The molecule has 0 aromatic carbocycles. The second kappa shape index (κ2) is 5.44. The van der Waals surface area contributed by atoms with Crippen molar-refractivity contribution in [3.63, 3.8) is 0 Å². The lowest BCUT2D eigenvalue weighted by Crippen LogP contribution is -2.30. The fraction of sp³-hybridized carbons (Fsp3) is 0.500. The van der Waals surface area contributed by atoms with Gasteiger partial charge in [0, 0.05) is 25.8 Å². The van der Waals surface area contributed by atoms with Gasteiger partial charge >= 0.3 is 0 Å². The summed E-state index contributed by atoms with van der Waals surface area (Å²) in [6.45, 7) is 4.37. The molecule has 1 heterocycles. The lowest BCUT2D eigenvalue weighted by Gasteiger charge is -2.22. The molecule has 0 spiro atoms. The summed E-state index contributed by atoms with van der Waals surface area (Å²) in [6, 6.07) is 3.76. The third-order valence-corrected chi connectivity index (χ3v) is 2.05. The van der Waals surface area contributed by atoms with Crippen molar-refractivity contribution in [3.8, 4) is 5.75 Å². The third kappa shape index (κ3) is 2.35. The SMILES string of the molecule is CCN(CCN)c1ncccc1OC. The predicted molar refractivity (Wildman–Crippen MR) is 57.7 cm³/mol. The van der Waals surface area contributed by atoms with Crippen LogP contribution in [0, 0.1) is 0 Å². The predicted octanol–water partition coefficient (Wildman–Crippen LogP) is 0.875. The van der Waals surface area contributed by atoms with Crippen LogP contribution >= 0.6 is 0 Å². The Morgan fingerprint density at radius 3 is 2.93 bits per heavy atom. The van der Waals surface area contributed by atoms with Gasteiger partial charge < -0.3 is 15.4 Å². The molecule has 0 amide bonds. The van der Waals surface area contributed by atoms with Crippen molar-refractivity contribution in [2.75, 3.05) is 31.6 Å². The normalized spacial score (nSPS) is 9.93. The number of aromatic nitrogens is 1. The number of methoxy groups -OCH3 is 1. The first kappa shape index (κ1) is 10.8. The van der Waals surface area contributed by atoms with Crippen LogP contribution in [0.4, 0.5) is 5.82 Å². The zero-order chi connectivity index (χ0) is 10.4. The van der Waals surface area contributed by atoms with E-state index in [1.807, 2.05) is 12.1 Å². The highest BCUT2D eigenvalue weighted by atomic mass is 16.5. The Labute approximate surface area is 84.7 Å². The van der Waals surface area contributed by atoms with E-state index in [9.17, 15) is 0 Å². The Morgan fingerprint density at radius 1 is 1.57 bits per heavy atom. The number of hydrogen-bond acceptors (Lipinski definition) is 4. The lowest BCUT2D eigenvalue weighted by molar-refractivity contribution is 0.412. The molecule has 0 unspecified atom stereocenters. The van der Waals surface area contributed by atoms with E-state index < -0.39 is 0 Å². The molecule has 0 radical (unpaired) electrons. The summed E-state index contributed by atoms with van der Waals surface area (Å²) in [5.74, 6) is 1.66. The van der Waals surface area contributed by atoms with Gasteiger partial charge in [-0.25, -0.2) is 4.98 Å². The Bertz CT molecular complexity index is 278. The van der Waals surface area contributed by atoms with E-state index in [1.165, 1.54) is 0 Å². The maximum atomic E-state index is 5.52. The van der Waals surface area contributed by atoms with E-state index in [1.54, 1.807) is 13.3 Å². The third-order valence-electron chi connectivity index (χ3n) is 2.05. The van der Waals surface area contributed by atoms with Gasteiger partial charge in [-0.2, -0.15) is 0 Å². The summed E-state index contributed by atoms with van der Waals surface area (Å²) in [4.78, 5) is 6.38. The molecule has 0 fully saturated rings. The summed E-state index contributed by atoms with van der Waals surface area (Å²) in [5, 5.41) is 0. The summed E-state index contributed by atoms with van der Waals surface area (Å²) in [7, 11) is 1.65. The highest BCUT2D eigenvalue weighted by Crippen LogP contribution is 2.23. The van der Waals surface area contributed by atoms with E-state index in [0.29, 0.717) is 6.54 Å². The second-order valence-corrected chi connectivity index (χ2v) is 2.90. The highest BCUT2D eigenvalue weighted by molar-refractivity contribution is 5.51. The topological polar surface area (TPSA) is 51.4 Å². The first-order chi connectivity index (χ1) is 6.83. The Kier molecular flexibility index (Phi) is 4.19. The molecule has 0 aliphatic carbocycles. The fourth-order valence-corrected chi connectivity index (χ4v) is 1.35. The molecule has 0 aliphatic heterocycles. The molecule has 14 heavy (non-hydrogen) atoms. The molecule has 1 aromatic rings. The van der Waals surface area contributed by atoms with Gasteiger partial charge in [0.15, 0.2) is 11.6 Å². The maximum Gasteiger partial charge on any atom is 0.171 e. The maximum absolute atomic E-state index is 5.52. The largest absolute Gasteiger partial charge is 0.493 e. The van der Waals surface area contributed by atoms with Gasteiger partial charge in [-0.15, -0.1) is 0 Å². The van der Waals surface area contributed by atoms with Crippen molar-refractivity contribution in [2.45, 2.75) is 6.92 Å². The highest BCUT2D eigenvalue weighted by Gasteiger charge is 2.09. The number of hydrogen-bond donors (Lipinski definition) is 1. The smallest absolute Gasteiger partial charge is 0.171 e. The zero-order valence-corrected chi connectivity index (χ0v) is 8.73. The number of pyridine rings is 1. The number of nitrogens with two attached hydrogens (primary N) is 1. The van der Waals surface area contributed by atoms with Crippen molar-refractivity contribution in [1.82, 2.24) is 4.98 Å². The fourth-order valence-electron chi connectivity index (χ4n) is 1.35. The summed E-state index contributed by atoms with van der Waals surface area (Å²) >= 11 is 0. The van der Waals surface area contributed by atoms with Gasteiger partial charge in [-0.1, -0.05) is 0 Å². The molecule has 78 valence electrons. The van der Waals surface area contributed by atoms with Crippen LogP contribution in [-0.2, 0) is 0 Å². The van der Waals surface area contributed by atoms with Crippen molar-refractivity contribution in [1.29, 1.82) is 0 Å². The van der Waals surface area contributed by atoms with Crippen LogP contribution in [0.25, 0.3) is 0 Å². The first-order valence-corrected chi connectivity index (χ1v) is 4.77. The summed E-state index contributed by atoms with van der Waals surface area (Å²) < 4.78 is 5.23. The quantitative estimate of drug-likeness (QED) is 0.757. The van der Waals surface area contributed by atoms with Crippen LogP contribution in [0.15, 0.2) is 18.3 Å². The molecule has 4 nitrogen and oxygen atoms in total. The monoisotopic (exact) mass is 195 g/mol. The van der Waals surface area contributed by atoms with Gasteiger partial charge in [0.2, 0.25) is 0 Å². The molecule has 0 atom stereocenters. The molecule has 0 aliphatic rings. The lowest BCUT2D eigenvalue weighted by atomic mass is 10.3. The molecule has 2 N–H and O–H groups in total. The molecule has 4 heteroatoms. The second-order valence-electron chi connectivity index (χ2n) is 2.90. The molecule has 0 saturated carbocycles. The molecule has 1 aromatic heterocycles. The molecular weight excluding hydrogens is 178 g/mol. The Morgan fingerprint density at radius 2 is 2.36 bits per heavy atom. The van der Waals surface area contributed by atoms with Gasteiger partial charge in [0.1, 0.15) is 0 Å². The van der Waals surface area contributed by atoms with Crippen LogP contribution in [0.1, 0.15) is 6.92 Å². The van der Waals surface area contributed by atoms with Crippen molar-refractivity contribution < 1.29 is 4.74 Å². The van der Waals surface area contributed by atoms with Gasteiger partial charge in [-0.3, -0.25) is 0 Å². The minimum absolute atomic E-state index is 0.619. The zero-order valence-electron chi connectivity index (χ0n) is 8.73. The number of ether oxygens (including phenoxy) is 1. The molecule has 0 saturated heterocycles. The Balaban J connectivity index is 2.90. The summed E-state index contributed by atoms with van der Waals surface area (Å²) in [6.07, 6.45) is 1.76. The van der Waals surface area contributed by atoms with Crippen molar-refractivity contribution in [2.24, 2.45) is 5.73 Å². The molecule has 1 rings (SSSR count). The number of anilines is 1. The molecular formula is C10H17N3O. The first-order valence-electron chi connectivity index (χ1n) is 4.77. The Hall–Kier alpha value is -1.29. The van der Waals surface area contributed by atoms with E-state index in [2.05, 4.69) is 16.8 Å². The molecule has 0 bridgehead atoms. The van der Waals surface area contributed by atoms with Crippen molar-refractivity contribution >= 4 is 5.82 Å². The average molecular weight is 195 g/mol. The van der Waals surface area contributed by atoms with E-state index >= 15 is 0 Å². The standard InChI is InChI=1S/C10H17N3O/c1-3-13(8-6-11)10-9(14-2)5-4-7-12-10/h4-5,7H,3,6,8,11H2,1-2H3.